The maximum atomic E-state index is 13.5. The SMILES string of the molecule is CC(C)NC(=O)C(Cc1ccccc1)N(Cc1ccc(Br)cc1)C(=O)COc1ccc(I)cc1. The summed E-state index contributed by atoms with van der Waals surface area (Å²) in [6, 6.07) is 24.3. The number of ether oxygens (including phenoxy) is 1. The van der Waals surface area contributed by atoms with Crippen LogP contribution in [0.3, 0.4) is 0 Å². The number of rotatable bonds is 10. The van der Waals surface area contributed by atoms with Crippen LogP contribution >= 0.6 is 38.5 Å². The molecule has 0 aromatic heterocycles. The van der Waals surface area contributed by atoms with Crippen molar-refractivity contribution in [1.29, 1.82) is 0 Å². The van der Waals surface area contributed by atoms with Crippen molar-refractivity contribution in [3.05, 3.63) is 98.0 Å². The molecule has 2 amide bonds. The van der Waals surface area contributed by atoms with Crippen LogP contribution in [0.1, 0.15) is 25.0 Å². The summed E-state index contributed by atoms with van der Waals surface area (Å²) in [6.07, 6.45) is 0.408. The summed E-state index contributed by atoms with van der Waals surface area (Å²) >= 11 is 5.68. The summed E-state index contributed by atoms with van der Waals surface area (Å²) in [7, 11) is 0. The Balaban J connectivity index is 1.89. The number of hydrogen-bond donors (Lipinski definition) is 1. The zero-order valence-corrected chi connectivity index (χ0v) is 23.0. The highest BCUT2D eigenvalue weighted by Crippen LogP contribution is 2.18. The smallest absolute Gasteiger partial charge is 0.261 e. The van der Waals surface area contributed by atoms with Gasteiger partial charge in [-0.15, -0.1) is 0 Å². The fourth-order valence-corrected chi connectivity index (χ4v) is 4.10. The topological polar surface area (TPSA) is 58.6 Å². The molecule has 1 atom stereocenters. The molecule has 3 rings (SSSR count). The zero-order valence-electron chi connectivity index (χ0n) is 19.2. The first-order chi connectivity index (χ1) is 16.3. The van der Waals surface area contributed by atoms with Crippen LogP contribution in [0.4, 0.5) is 0 Å². The minimum absolute atomic E-state index is 0.0431. The number of carbonyl (C=O) groups excluding carboxylic acids is 2. The van der Waals surface area contributed by atoms with Crippen molar-refractivity contribution in [3.8, 4) is 5.75 Å². The molecule has 0 bridgehead atoms. The first-order valence-corrected chi connectivity index (χ1v) is 13.0. The monoisotopic (exact) mass is 634 g/mol. The Hall–Kier alpha value is -2.39. The van der Waals surface area contributed by atoms with Gasteiger partial charge in [0.1, 0.15) is 11.8 Å². The predicted molar refractivity (Wildman–Crippen MR) is 147 cm³/mol. The Bertz CT molecular complexity index is 1070. The van der Waals surface area contributed by atoms with E-state index in [-0.39, 0.29) is 24.5 Å². The van der Waals surface area contributed by atoms with Gasteiger partial charge in [0.05, 0.1) is 0 Å². The van der Waals surface area contributed by atoms with Gasteiger partial charge in [-0.1, -0.05) is 58.4 Å². The van der Waals surface area contributed by atoms with E-state index < -0.39 is 6.04 Å². The van der Waals surface area contributed by atoms with E-state index in [2.05, 4.69) is 43.8 Å². The fourth-order valence-electron chi connectivity index (χ4n) is 3.48. The van der Waals surface area contributed by atoms with Gasteiger partial charge in [0.2, 0.25) is 5.91 Å². The maximum absolute atomic E-state index is 13.5. The zero-order chi connectivity index (χ0) is 24.5. The Morgan fingerprint density at radius 1 is 0.941 bits per heavy atom. The van der Waals surface area contributed by atoms with Crippen molar-refractivity contribution >= 4 is 50.3 Å². The van der Waals surface area contributed by atoms with Crippen molar-refractivity contribution in [1.82, 2.24) is 10.2 Å². The maximum Gasteiger partial charge on any atom is 0.261 e. The quantitative estimate of drug-likeness (QED) is 0.296. The summed E-state index contributed by atoms with van der Waals surface area (Å²) in [5, 5.41) is 2.99. The summed E-state index contributed by atoms with van der Waals surface area (Å²) in [5.41, 5.74) is 1.92. The Kier molecular flexibility index (Phi) is 9.95. The molecule has 1 N–H and O–H groups in total. The van der Waals surface area contributed by atoms with E-state index >= 15 is 0 Å². The molecule has 0 aliphatic heterocycles. The molecule has 3 aromatic carbocycles. The molecule has 0 saturated carbocycles. The number of hydrogen-bond acceptors (Lipinski definition) is 3. The second-order valence-electron chi connectivity index (χ2n) is 8.26. The van der Waals surface area contributed by atoms with Crippen LogP contribution in [0.15, 0.2) is 83.3 Å². The minimum Gasteiger partial charge on any atom is -0.484 e. The van der Waals surface area contributed by atoms with Crippen LogP contribution < -0.4 is 10.1 Å². The standard InChI is InChI=1S/C27H28BrIN2O3/c1-19(2)30-27(33)25(16-20-6-4-3-5-7-20)31(17-21-8-10-22(28)11-9-21)26(32)18-34-24-14-12-23(29)13-15-24/h3-15,19,25H,16-18H2,1-2H3,(H,30,33). The molecule has 0 radical (unpaired) electrons. The largest absolute Gasteiger partial charge is 0.484 e. The van der Waals surface area contributed by atoms with Crippen molar-refractivity contribution in [2.45, 2.75) is 38.9 Å². The van der Waals surface area contributed by atoms with Crippen molar-refractivity contribution in [2.75, 3.05) is 6.61 Å². The summed E-state index contributed by atoms with van der Waals surface area (Å²) in [6.45, 7) is 3.97. The number of nitrogens with zero attached hydrogens (tertiary/aromatic N) is 1. The van der Waals surface area contributed by atoms with Gasteiger partial charge in [0.15, 0.2) is 6.61 Å². The molecule has 0 spiro atoms. The van der Waals surface area contributed by atoms with Gasteiger partial charge in [0.25, 0.3) is 5.91 Å². The third-order valence-electron chi connectivity index (χ3n) is 5.14. The molecule has 0 saturated heterocycles. The van der Waals surface area contributed by atoms with Crippen molar-refractivity contribution in [3.63, 3.8) is 0 Å². The average molecular weight is 635 g/mol. The number of amides is 2. The number of halogens is 2. The van der Waals surface area contributed by atoms with Gasteiger partial charge >= 0.3 is 0 Å². The van der Waals surface area contributed by atoms with Gasteiger partial charge in [0, 0.05) is 27.1 Å². The Labute approximate surface area is 223 Å². The van der Waals surface area contributed by atoms with Crippen molar-refractivity contribution < 1.29 is 14.3 Å². The molecule has 7 heteroatoms. The highest BCUT2D eigenvalue weighted by atomic mass is 127. The third-order valence-corrected chi connectivity index (χ3v) is 6.39. The first-order valence-electron chi connectivity index (χ1n) is 11.1. The van der Waals surface area contributed by atoms with E-state index in [1.54, 1.807) is 4.90 Å². The Morgan fingerprint density at radius 3 is 2.21 bits per heavy atom. The third kappa shape index (κ3) is 8.13. The summed E-state index contributed by atoms with van der Waals surface area (Å²) in [5.74, 6) is 0.184. The molecule has 5 nitrogen and oxygen atoms in total. The number of carbonyl (C=O) groups is 2. The first kappa shape index (κ1) is 26.2. The molecule has 0 aliphatic carbocycles. The van der Waals surface area contributed by atoms with Gasteiger partial charge in [-0.2, -0.15) is 0 Å². The highest BCUT2D eigenvalue weighted by Gasteiger charge is 2.31. The van der Waals surface area contributed by atoms with Crippen LogP contribution in [0, 0.1) is 3.57 Å². The second kappa shape index (κ2) is 12.9. The molecule has 0 heterocycles. The fraction of sp³-hybridized carbons (Fsp3) is 0.259. The van der Waals surface area contributed by atoms with Gasteiger partial charge < -0.3 is 15.0 Å². The minimum atomic E-state index is -0.679. The normalized spacial score (nSPS) is 11.7. The van der Waals surface area contributed by atoms with Crippen LogP contribution in [0.2, 0.25) is 0 Å². The lowest BCUT2D eigenvalue weighted by atomic mass is 10.0. The van der Waals surface area contributed by atoms with E-state index in [4.69, 9.17) is 4.74 Å². The number of nitrogens with one attached hydrogen (secondary N) is 1. The molecule has 178 valence electrons. The molecular formula is C27H28BrIN2O3. The van der Waals surface area contributed by atoms with E-state index in [9.17, 15) is 9.59 Å². The lowest BCUT2D eigenvalue weighted by Gasteiger charge is -2.32. The van der Waals surface area contributed by atoms with Gasteiger partial charge in [-0.25, -0.2) is 0 Å². The van der Waals surface area contributed by atoms with E-state index in [0.717, 1.165) is 19.2 Å². The molecule has 0 fully saturated rings. The Morgan fingerprint density at radius 2 is 1.59 bits per heavy atom. The number of benzene rings is 3. The van der Waals surface area contributed by atoms with Crippen LogP contribution in [0.25, 0.3) is 0 Å². The van der Waals surface area contributed by atoms with Crippen molar-refractivity contribution in [2.24, 2.45) is 0 Å². The average Bonchev–Trinajstić information content (AvgIpc) is 2.82. The molecule has 0 aliphatic rings. The molecule has 1 unspecified atom stereocenters. The van der Waals surface area contributed by atoms with Gasteiger partial charge in [-0.3, -0.25) is 9.59 Å². The second-order valence-corrected chi connectivity index (χ2v) is 10.4. The highest BCUT2D eigenvalue weighted by molar-refractivity contribution is 14.1. The predicted octanol–water partition coefficient (Wildman–Crippen LogP) is 5.60. The summed E-state index contributed by atoms with van der Waals surface area (Å²) < 4.78 is 7.83. The molecular weight excluding hydrogens is 607 g/mol. The van der Waals surface area contributed by atoms with E-state index in [0.29, 0.717) is 18.7 Å². The van der Waals surface area contributed by atoms with E-state index in [1.807, 2.05) is 92.7 Å². The molecule has 3 aromatic rings. The van der Waals surface area contributed by atoms with Crippen LogP contribution in [-0.4, -0.2) is 35.4 Å². The van der Waals surface area contributed by atoms with Gasteiger partial charge in [-0.05, 0) is 84.0 Å². The van der Waals surface area contributed by atoms with Crippen LogP contribution in [-0.2, 0) is 22.6 Å². The van der Waals surface area contributed by atoms with E-state index in [1.165, 1.54) is 0 Å². The lowest BCUT2D eigenvalue weighted by molar-refractivity contribution is -0.143. The summed E-state index contributed by atoms with van der Waals surface area (Å²) in [4.78, 5) is 28.4. The lowest BCUT2D eigenvalue weighted by Crippen LogP contribution is -2.52. The molecule has 34 heavy (non-hydrogen) atoms. The van der Waals surface area contributed by atoms with Crippen LogP contribution in [0.5, 0.6) is 5.75 Å².